The second kappa shape index (κ2) is 9.23. The van der Waals surface area contributed by atoms with Gasteiger partial charge in [0.15, 0.2) is 0 Å². The van der Waals surface area contributed by atoms with Crippen molar-refractivity contribution in [1.82, 2.24) is 4.90 Å². The average Bonchev–Trinajstić information content (AvgIpc) is 2.53. The molecular formula is C19H22F5NO4. The maximum atomic E-state index is 13.9. The van der Waals surface area contributed by atoms with E-state index in [9.17, 15) is 31.5 Å². The van der Waals surface area contributed by atoms with Crippen molar-refractivity contribution in [3.63, 3.8) is 0 Å². The Morgan fingerprint density at radius 3 is 2.10 bits per heavy atom. The average molecular weight is 423 g/mol. The van der Waals surface area contributed by atoms with Crippen molar-refractivity contribution in [2.45, 2.75) is 45.0 Å². The van der Waals surface area contributed by atoms with Gasteiger partial charge in [0.25, 0.3) is 0 Å². The van der Waals surface area contributed by atoms with Crippen molar-refractivity contribution < 1.29 is 41.0 Å². The van der Waals surface area contributed by atoms with Crippen LogP contribution in [-0.2, 0) is 26.9 Å². The molecule has 1 atom stereocenters. The molecule has 0 aliphatic rings. The number of esters is 1. The quantitative estimate of drug-likeness (QED) is 0.384. The molecule has 1 amide bonds. The van der Waals surface area contributed by atoms with Crippen LogP contribution in [0.2, 0.25) is 0 Å². The largest absolute Gasteiger partial charge is 0.458 e. The zero-order chi connectivity index (χ0) is 22.6. The van der Waals surface area contributed by atoms with E-state index in [1.54, 1.807) is 20.8 Å². The number of alkyl halides is 3. The highest BCUT2D eigenvalue weighted by Gasteiger charge is 2.39. The Kier molecular flexibility index (Phi) is 7.76. The number of hydrogen-bond donors (Lipinski definition) is 0. The van der Waals surface area contributed by atoms with Gasteiger partial charge < -0.3 is 9.47 Å². The van der Waals surface area contributed by atoms with E-state index in [1.165, 1.54) is 13.1 Å². The lowest BCUT2D eigenvalue weighted by atomic mass is 10.0. The van der Waals surface area contributed by atoms with Gasteiger partial charge in [0.05, 0.1) is 0 Å². The highest BCUT2D eigenvalue weighted by Crippen LogP contribution is 2.34. The first kappa shape index (κ1) is 24.4. The monoisotopic (exact) mass is 423 g/mol. The predicted molar refractivity (Wildman–Crippen MR) is 94.0 cm³/mol. The number of nitrogens with zero attached hydrogens (tertiary/aromatic N) is 1. The number of rotatable bonds is 6. The molecule has 0 aliphatic carbocycles. The Morgan fingerprint density at radius 1 is 1.17 bits per heavy atom. The minimum atomic E-state index is -5.22. The highest BCUT2D eigenvalue weighted by atomic mass is 19.4. The van der Waals surface area contributed by atoms with Crippen LogP contribution in [0.25, 0.3) is 0 Å². The zero-order valence-corrected chi connectivity index (χ0v) is 16.4. The van der Waals surface area contributed by atoms with Crippen molar-refractivity contribution in [3.05, 3.63) is 47.5 Å². The van der Waals surface area contributed by atoms with Crippen LogP contribution >= 0.6 is 0 Å². The molecule has 0 spiro atoms. The van der Waals surface area contributed by atoms with Crippen LogP contribution < -0.4 is 0 Å². The molecule has 0 aliphatic heterocycles. The Balaban J connectivity index is 3.25. The fourth-order valence-electron chi connectivity index (χ4n) is 2.34. The Hall–Kier alpha value is -2.65. The van der Waals surface area contributed by atoms with Gasteiger partial charge in [0.2, 0.25) is 0 Å². The van der Waals surface area contributed by atoms with Crippen molar-refractivity contribution in [2.24, 2.45) is 0 Å². The van der Waals surface area contributed by atoms with E-state index in [-0.39, 0.29) is 12.2 Å². The fourth-order valence-corrected chi connectivity index (χ4v) is 2.34. The molecule has 1 unspecified atom stereocenters. The third kappa shape index (κ3) is 7.03. The van der Waals surface area contributed by atoms with E-state index in [2.05, 4.69) is 6.58 Å². The van der Waals surface area contributed by atoms with Crippen LogP contribution in [0.5, 0.6) is 0 Å². The molecule has 162 valence electrons. The van der Waals surface area contributed by atoms with Gasteiger partial charge in [-0.05, 0) is 38.5 Å². The summed E-state index contributed by atoms with van der Waals surface area (Å²) in [5, 5.41) is 0. The number of carbonyl (C=O) groups is 2. The highest BCUT2D eigenvalue weighted by molar-refractivity contribution is 5.82. The van der Waals surface area contributed by atoms with E-state index in [1.807, 2.05) is 0 Å². The van der Waals surface area contributed by atoms with Crippen molar-refractivity contribution in [3.8, 4) is 0 Å². The first-order valence-corrected chi connectivity index (χ1v) is 8.45. The second-order valence-corrected chi connectivity index (χ2v) is 7.16. The van der Waals surface area contributed by atoms with Gasteiger partial charge in [-0.1, -0.05) is 12.7 Å². The van der Waals surface area contributed by atoms with E-state index in [0.29, 0.717) is 12.1 Å². The summed E-state index contributed by atoms with van der Waals surface area (Å²) in [4.78, 5) is 25.4. The third-order valence-corrected chi connectivity index (χ3v) is 3.57. The van der Waals surface area contributed by atoms with Crippen LogP contribution in [0.1, 0.15) is 31.9 Å². The SMILES string of the molecule is C=CCOC(=O)N(C)C(Cc1cc(F)c(C(F)(F)F)c(F)c1)C(=O)OC(C)(C)C. The van der Waals surface area contributed by atoms with Crippen LogP contribution in [0.3, 0.4) is 0 Å². The minimum absolute atomic E-state index is 0.159. The van der Waals surface area contributed by atoms with Gasteiger partial charge in [0.1, 0.15) is 35.4 Å². The maximum absolute atomic E-state index is 13.9. The summed E-state index contributed by atoms with van der Waals surface area (Å²) in [7, 11) is 1.19. The number of halogens is 5. The molecule has 29 heavy (non-hydrogen) atoms. The van der Waals surface area contributed by atoms with Crippen LogP contribution in [0.15, 0.2) is 24.8 Å². The Labute approximate surface area is 165 Å². The molecule has 0 saturated heterocycles. The summed E-state index contributed by atoms with van der Waals surface area (Å²) < 4.78 is 76.0. The molecule has 1 aromatic carbocycles. The lowest BCUT2D eigenvalue weighted by Crippen LogP contribution is -2.46. The first-order valence-electron chi connectivity index (χ1n) is 8.45. The molecule has 0 fully saturated rings. The summed E-state index contributed by atoms with van der Waals surface area (Å²) in [6, 6.07) is -0.472. The van der Waals surface area contributed by atoms with Crippen molar-refractivity contribution in [2.75, 3.05) is 13.7 Å². The van der Waals surface area contributed by atoms with E-state index in [0.717, 1.165) is 4.90 Å². The first-order chi connectivity index (χ1) is 13.2. The number of amides is 1. The molecule has 0 aromatic heterocycles. The molecule has 0 N–H and O–H groups in total. The van der Waals surface area contributed by atoms with Gasteiger partial charge in [-0.3, -0.25) is 4.90 Å². The molecule has 0 radical (unpaired) electrons. The van der Waals surface area contributed by atoms with E-state index >= 15 is 0 Å². The fraction of sp³-hybridized carbons (Fsp3) is 0.474. The predicted octanol–water partition coefficient (Wildman–Crippen LogP) is 4.49. The standard InChI is InChI=1S/C19H22F5NO4/c1-6-7-28-17(27)25(5)14(16(26)29-18(2,3)4)10-11-8-12(20)15(13(21)9-11)19(22,23)24/h6,8-9,14H,1,7,10H2,2-5H3. The number of likely N-dealkylation sites (N-methyl/N-ethyl adjacent to an activating group) is 1. The van der Waals surface area contributed by atoms with Crippen molar-refractivity contribution in [1.29, 1.82) is 0 Å². The van der Waals surface area contributed by atoms with Crippen LogP contribution in [0, 0.1) is 11.6 Å². The lowest BCUT2D eigenvalue weighted by Gasteiger charge is -2.29. The Bertz CT molecular complexity index is 748. The smallest absolute Gasteiger partial charge is 0.422 e. The number of ether oxygens (including phenoxy) is 2. The molecule has 5 nitrogen and oxygen atoms in total. The summed E-state index contributed by atoms with van der Waals surface area (Å²) >= 11 is 0. The van der Waals surface area contributed by atoms with Gasteiger partial charge in [-0.15, -0.1) is 0 Å². The summed E-state index contributed by atoms with van der Waals surface area (Å²) in [5.41, 5.74) is -3.25. The van der Waals surface area contributed by atoms with Gasteiger partial charge in [-0.25, -0.2) is 18.4 Å². The third-order valence-electron chi connectivity index (χ3n) is 3.57. The summed E-state index contributed by atoms with van der Waals surface area (Å²) in [6.07, 6.45) is -5.38. The normalized spacial score (nSPS) is 12.9. The number of benzene rings is 1. The molecule has 0 heterocycles. The Morgan fingerprint density at radius 2 is 1.69 bits per heavy atom. The van der Waals surface area contributed by atoms with E-state index in [4.69, 9.17) is 9.47 Å². The zero-order valence-electron chi connectivity index (χ0n) is 16.4. The maximum Gasteiger partial charge on any atom is 0.422 e. The van der Waals surface area contributed by atoms with Gasteiger partial charge >= 0.3 is 18.2 Å². The van der Waals surface area contributed by atoms with E-state index < -0.39 is 53.5 Å². The molecule has 10 heteroatoms. The van der Waals surface area contributed by atoms with Crippen molar-refractivity contribution >= 4 is 12.1 Å². The number of carbonyl (C=O) groups excluding carboxylic acids is 2. The summed E-state index contributed by atoms with van der Waals surface area (Å²) in [6.45, 7) is 7.91. The van der Waals surface area contributed by atoms with Gasteiger partial charge in [0, 0.05) is 13.5 Å². The van der Waals surface area contributed by atoms with Crippen LogP contribution in [-0.4, -0.2) is 42.3 Å². The molecule has 0 saturated carbocycles. The van der Waals surface area contributed by atoms with Gasteiger partial charge in [-0.2, -0.15) is 13.2 Å². The summed E-state index contributed by atoms with van der Waals surface area (Å²) in [5.74, 6) is -4.57. The molecule has 1 rings (SSSR count). The topological polar surface area (TPSA) is 55.8 Å². The number of hydrogen-bond acceptors (Lipinski definition) is 4. The van der Waals surface area contributed by atoms with Crippen LogP contribution in [0.4, 0.5) is 26.7 Å². The molecular weight excluding hydrogens is 401 g/mol. The molecule has 1 aromatic rings. The minimum Gasteiger partial charge on any atom is -0.458 e. The second-order valence-electron chi connectivity index (χ2n) is 7.16. The molecule has 0 bridgehead atoms. The lowest BCUT2D eigenvalue weighted by molar-refractivity contribution is -0.160.